The smallest absolute Gasteiger partial charge is 0.191 e. The van der Waals surface area contributed by atoms with Gasteiger partial charge in [-0.1, -0.05) is 12.1 Å². The van der Waals surface area contributed by atoms with E-state index in [2.05, 4.69) is 52.8 Å². The normalized spacial score (nSPS) is 11.8. The molecule has 0 aliphatic carbocycles. The van der Waals surface area contributed by atoms with Crippen molar-refractivity contribution < 1.29 is 9.47 Å². The zero-order valence-electron chi connectivity index (χ0n) is 18.8. The molecule has 0 saturated carbocycles. The van der Waals surface area contributed by atoms with Crippen molar-refractivity contribution >= 4 is 5.96 Å². The quantitative estimate of drug-likeness (QED) is 0.499. The Morgan fingerprint density at radius 3 is 2.55 bits per heavy atom. The molecule has 160 valence electrons. The van der Waals surface area contributed by atoms with Gasteiger partial charge in [0.15, 0.2) is 5.96 Å². The van der Waals surface area contributed by atoms with E-state index >= 15 is 0 Å². The van der Waals surface area contributed by atoms with Crippen LogP contribution in [0.2, 0.25) is 0 Å². The zero-order valence-corrected chi connectivity index (χ0v) is 18.8. The molecule has 7 nitrogen and oxygen atoms in total. The second kappa shape index (κ2) is 10.9. The summed E-state index contributed by atoms with van der Waals surface area (Å²) < 4.78 is 13.1. The fourth-order valence-electron chi connectivity index (χ4n) is 3.13. The van der Waals surface area contributed by atoms with Gasteiger partial charge in [0, 0.05) is 44.1 Å². The van der Waals surface area contributed by atoms with Gasteiger partial charge < -0.3 is 20.1 Å². The van der Waals surface area contributed by atoms with Crippen molar-refractivity contribution in [1.29, 1.82) is 0 Å². The summed E-state index contributed by atoms with van der Waals surface area (Å²) in [5.41, 5.74) is 5.64. The highest BCUT2D eigenvalue weighted by Gasteiger charge is 2.12. The van der Waals surface area contributed by atoms with Crippen LogP contribution in [0.25, 0.3) is 0 Å². The highest BCUT2D eigenvalue weighted by Crippen LogP contribution is 2.21. The van der Waals surface area contributed by atoms with Gasteiger partial charge >= 0.3 is 0 Å². The van der Waals surface area contributed by atoms with E-state index < -0.39 is 0 Å². The number of aryl methyl sites for hydroxylation is 2. The molecule has 0 fully saturated rings. The molecule has 29 heavy (non-hydrogen) atoms. The molecule has 0 unspecified atom stereocenters. The van der Waals surface area contributed by atoms with Gasteiger partial charge in [-0.25, -0.2) is 0 Å². The number of guanidine groups is 1. The molecular formula is C22H35N5O2. The van der Waals surface area contributed by atoms with Crippen molar-refractivity contribution in [1.82, 2.24) is 20.4 Å². The van der Waals surface area contributed by atoms with E-state index in [-0.39, 0.29) is 6.10 Å². The molecule has 1 aromatic carbocycles. The van der Waals surface area contributed by atoms with E-state index in [1.165, 1.54) is 11.1 Å². The van der Waals surface area contributed by atoms with Gasteiger partial charge in [0.1, 0.15) is 5.75 Å². The van der Waals surface area contributed by atoms with Crippen molar-refractivity contribution in [3.05, 3.63) is 46.3 Å². The highest BCUT2D eigenvalue weighted by atomic mass is 16.5. The molecule has 1 aromatic heterocycles. The molecule has 2 rings (SSSR count). The Labute approximate surface area is 174 Å². The Morgan fingerprint density at radius 2 is 1.90 bits per heavy atom. The summed E-state index contributed by atoms with van der Waals surface area (Å²) in [6.45, 7) is 13.0. The summed E-state index contributed by atoms with van der Waals surface area (Å²) in [5, 5.41) is 11.4. The fourth-order valence-corrected chi connectivity index (χ4v) is 3.13. The molecule has 0 atom stereocenters. The van der Waals surface area contributed by atoms with E-state index in [4.69, 9.17) is 9.47 Å². The van der Waals surface area contributed by atoms with Gasteiger partial charge in [-0.05, 0) is 46.2 Å². The number of hydrogen-bond acceptors (Lipinski definition) is 4. The van der Waals surface area contributed by atoms with Crippen LogP contribution < -0.4 is 15.4 Å². The molecule has 0 aliphatic rings. The van der Waals surface area contributed by atoms with Gasteiger partial charge in [-0.15, -0.1) is 0 Å². The standard InChI is InChI=1S/C22H35N5O2/c1-15(2)29-21-12-16(3)8-9-19(21)13-24-22(23-6)25-14-20-17(4)26-27(18(20)5)10-11-28-7/h8-9,12,15H,10-11,13-14H2,1-7H3,(H2,23,24,25). The van der Waals surface area contributed by atoms with E-state index in [1.54, 1.807) is 14.2 Å². The number of rotatable bonds is 9. The first-order valence-electron chi connectivity index (χ1n) is 10.1. The van der Waals surface area contributed by atoms with Crippen LogP contribution in [0.4, 0.5) is 0 Å². The van der Waals surface area contributed by atoms with E-state index in [0.29, 0.717) is 19.7 Å². The minimum absolute atomic E-state index is 0.133. The van der Waals surface area contributed by atoms with E-state index in [1.807, 2.05) is 25.5 Å². The van der Waals surface area contributed by atoms with Crippen LogP contribution in [0.5, 0.6) is 5.75 Å². The summed E-state index contributed by atoms with van der Waals surface area (Å²) in [5.74, 6) is 1.65. The monoisotopic (exact) mass is 401 g/mol. The Balaban J connectivity index is 2.00. The van der Waals surface area contributed by atoms with Crippen LogP contribution in [0.3, 0.4) is 0 Å². The van der Waals surface area contributed by atoms with Gasteiger partial charge in [-0.3, -0.25) is 9.67 Å². The minimum atomic E-state index is 0.133. The summed E-state index contributed by atoms with van der Waals surface area (Å²) in [6, 6.07) is 6.28. The number of hydrogen-bond donors (Lipinski definition) is 2. The molecule has 1 heterocycles. The third kappa shape index (κ3) is 6.49. The maximum Gasteiger partial charge on any atom is 0.191 e. The second-order valence-electron chi connectivity index (χ2n) is 7.42. The molecular weight excluding hydrogens is 366 g/mol. The first-order valence-corrected chi connectivity index (χ1v) is 10.1. The van der Waals surface area contributed by atoms with Crippen LogP contribution in [-0.4, -0.2) is 42.6 Å². The van der Waals surface area contributed by atoms with Gasteiger partial charge in [0.05, 0.1) is 24.9 Å². The zero-order chi connectivity index (χ0) is 21.4. The molecule has 0 amide bonds. The van der Waals surface area contributed by atoms with Crippen molar-refractivity contribution in [2.75, 3.05) is 20.8 Å². The van der Waals surface area contributed by atoms with Gasteiger partial charge in [0.2, 0.25) is 0 Å². The first-order chi connectivity index (χ1) is 13.8. The van der Waals surface area contributed by atoms with E-state index in [9.17, 15) is 0 Å². The maximum atomic E-state index is 5.97. The van der Waals surface area contributed by atoms with Crippen LogP contribution in [0.15, 0.2) is 23.2 Å². The summed E-state index contributed by atoms with van der Waals surface area (Å²) >= 11 is 0. The molecule has 0 spiro atoms. The average molecular weight is 402 g/mol. The van der Waals surface area contributed by atoms with Crippen LogP contribution in [-0.2, 0) is 24.4 Å². The number of nitrogens with zero attached hydrogens (tertiary/aromatic N) is 3. The number of aliphatic imine (C=N–C) groups is 1. The lowest BCUT2D eigenvalue weighted by Gasteiger charge is -2.17. The SMILES string of the molecule is CN=C(NCc1ccc(C)cc1OC(C)C)NCc1c(C)nn(CCOC)c1C. The van der Waals surface area contributed by atoms with Gasteiger partial charge in [0.25, 0.3) is 0 Å². The largest absolute Gasteiger partial charge is 0.491 e. The first kappa shape index (κ1) is 22.7. The van der Waals surface area contributed by atoms with E-state index in [0.717, 1.165) is 35.2 Å². The number of methoxy groups -OCH3 is 1. The lowest BCUT2D eigenvalue weighted by Crippen LogP contribution is -2.36. The molecule has 0 bridgehead atoms. The van der Waals surface area contributed by atoms with Crippen molar-refractivity contribution in [3.63, 3.8) is 0 Å². The summed E-state index contributed by atoms with van der Waals surface area (Å²) in [7, 11) is 3.48. The predicted octanol–water partition coefficient (Wildman–Crippen LogP) is 3.11. The molecule has 7 heteroatoms. The number of nitrogens with one attached hydrogen (secondary N) is 2. The summed E-state index contributed by atoms with van der Waals surface area (Å²) in [4.78, 5) is 4.35. The van der Waals surface area contributed by atoms with Gasteiger partial charge in [-0.2, -0.15) is 5.10 Å². The Hall–Kier alpha value is -2.54. The second-order valence-corrected chi connectivity index (χ2v) is 7.42. The number of aromatic nitrogens is 2. The minimum Gasteiger partial charge on any atom is -0.491 e. The highest BCUT2D eigenvalue weighted by molar-refractivity contribution is 5.79. The Bertz CT molecular complexity index is 827. The number of ether oxygens (including phenoxy) is 2. The predicted molar refractivity (Wildman–Crippen MR) is 118 cm³/mol. The lowest BCUT2D eigenvalue weighted by atomic mass is 10.1. The third-order valence-corrected chi connectivity index (χ3v) is 4.73. The summed E-state index contributed by atoms with van der Waals surface area (Å²) in [6.07, 6.45) is 0.133. The molecule has 2 N–H and O–H groups in total. The molecule has 0 saturated heterocycles. The van der Waals surface area contributed by atoms with Crippen molar-refractivity contribution in [2.24, 2.45) is 4.99 Å². The Kier molecular flexibility index (Phi) is 8.51. The molecule has 0 aliphatic heterocycles. The maximum absolute atomic E-state index is 5.97. The van der Waals surface area contributed by atoms with Crippen molar-refractivity contribution in [2.45, 2.75) is 60.4 Å². The van der Waals surface area contributed by atoms with Crippen molar-refractivity contribution in [3.8, 4) is 5.75 Å². The molecule has 0 radical (unpaired) electrons. The lowest BCUT2D eigenvalue weighted by molar-refractivity contribution is 0.182. The molecule has 2 aromatic rings. The Morgan fingerprint density at radius 1 is 1.17 bits per heavy atom. The average Bonchev–Trinajstić information content (AvgIpc) is 2.94. The number of benzene rings is 1. The van der Waals surface area contributed by atoms with Crippen LogP contribution in [0, 0.1) is 20.8 Å². The third-order valence-electron chi connectivity index (χ3n) is 4.73. The van der Waals surface area contributed by atoms with Crippen LogP contribution in [0.1, 0.15) is 41.9 Å². The fraction of sp³-hybridized carbons (Fsp3) is 0.545. The topological polar surface area (TPSA) is 72.7 Å². The van der Waals surface area contributed by atoms with Crippen LogP contribution >= 0.6 is 0 Å².